The molecule has 142 valence electrons. The Morgan fingerprint density at radius 2 is 1.86 bits per heavy atom. The third-order valence-corrected chi connectivity index (χ3v) is 4.18. The Kier molecular flexibility index (Phi) is 4.86. The maximum Gasteiger partial charge on any atom is 0.270 e. The highest BCUT2D eigenvalue weighted by Gasteiger charge is 2.09. The molecule has 4 aromatic rings. The van der Waals surface area contributed by atoms with Gasteiger partial charge in [-0.1, -0.05) is 30.3 Å². The van der Waals surface area contributed by atoms with E-state index in [0.29, 0.717) is 28.2 Å². The van der Waals surface area contributed by atoms with Crippen molar-refractivity contribution in [1.82, 2.24) is 4.98 Å². The zero-order valence-corrected chi connectivity index (χ0v) is 15.1. The van der Waals surface area contributed by atoms with Crippen LogP contribution in [0.5, 0.6) is 0 Å². The van der Waals surface area contributed by atoms with E-state index in [1.807, 2.05) is 30.3 Å². The van der Waals surface area contributed by atoms with Crippen molar-refractivity contribution in [3.05, 3.63) is 94.6 Å². The van der Waals surface area contributed by atoms with Crippen LogP contribution in [-0.2, 0) is 4.79 Å². The third kappa shape index (κ3) is 4.19. The van der Waals surface area contributed by atoms with Crippen LogP contribution in [0.15, 0.2) is 83.3 Å². The molecule has 1 amide bonds. The van der Waals surface area contributed by atoms with Crippen LogP contribution in [0.3, 0.4) is 0 Å². The Hall–Kier alpha value is -4.26. The number of aromatic nitrogens is 1. The summed E-state index contributed by atoms with van der Waals surface area (Å²) in [5.74, 6) is 0.150. The summed E-state index contributed by atoms with van der Waals surface area (Å²) in [5, 5.41) is 13.6. The monoisotopic (exact) mass is 385 g/mol. The second-order valence-electron chi connectivity index (χ2n) is 6.24. The van der Waals surface area contributed by atoms with Gasteiger partial charge in [0.15, 0.2) is 5.58 Å². The molecule has 1 heterocycles. The fourth-order valence-corrected chi connectivity index (χ4v) is 2.81. The van der Waals surface area contributed by atoms with Gasteiger partial charge in [-0.15, -0.1) is 0 Å². The van der Waals surface area contributed by atoms with E-state index in [1.165, 1.54) is 24.3 Å². The normalized spacial score (nSPS) is 11.0. The Bertz CT molecular complexity index is 1230. The number of anilines is 1. The van der Waals surface area contributed by atoms with Crippen LogP contribution >= 0.6 is 0 Å². The maximum absolute atomic E-state index is 12.2. The molecule has 0 unspecified atom stereocenters. The predicted molar refractivity (Wildman–Crippen MR) is 110 cm³/mol. The van der Waals surface area contributed by atoms with Gasteiger partial charge in [0.1, 0.15) is 5.52 Å². The number of carbonyl (C=O) groups is 1. The third-order valence-electron chi connectivity index (χ3n) is 4.18. The van der Waals surface area contributed by atoms with Gasteiger partial charge in [-0.25, -0.2) is 4.98 Å². The quantitative estimate of drug-likeness (QED) is 0.294. The molecule has 0 saturated carbocycles. The lowest BCUT2D eigenvalue weighted by atomic mass is 10.2. The van der Waals surface area contributed by atoms with E-state index in [0.717, 1.165) is 5.56 Å². The second kappa shape index (κ2) is 7.77. The Balaban J connectivity index is 1.49. The largest absolute Gasteiger partial charge is 0.436 e. The van der Waals surface area contributed by atoms with Gasteiger partial charge in [-0.05, 0) is 42.0 Å². The van der Waals surface area contributed by atoms with Crippen molar-refractivity contribution in [2.75, 3.05) is 5.32 Å². The average Bonchev–Trinajstić information content (AvgIpc) is 3.16. The highest BCUT2D eigenvalue weighted by molar-refractivity contribution is 6.02. The fraction of sp³-hybridized carbons (Fsp3) is 0. The topological polar surface area (TPSA) is 98.3 Å². The van der Waals surface area contributed by atoms with Crippen molar-refractivity contribution < 1.29 is 14.1 Å². The highest BCUT2D eigenvalue weighted by atomic mass is 16.6. The lowest BCUT2D eigenvalue weighted by Crippen LogP contribution is -2.07. The van der Waals surface area contributed by atoms with Crippen LogP contribution in [0, 0.1) is 10.1 Å². The van der Waals surface area contributed by atoms with Gasteiger partial charge in [0.05, 0.1) is 4.92 Å². The summed E-state index contributed by atoms with van der Waals surface area (Å²) in [6.45, 7) is 0. The minimum Gasteiger partial charge on any atom is -0.436 e. The molecule has 1 aromatic heterocycles. The molecule has 0 fully saturated rings. The van der Waals surface area contributed by atoms with Gasteiger partial charge in [-0.2, -0.15) is 0 Å². The van der Waals surface area contributed by atoms with Crippen molar-refractivity contribution >= 4 is 34.5 Å². The van der Waals surface area contributed by atoms with Gasteiger partial charge < -0.3 is 9.73 Å². The van der Waals surface area contributed by atoms with E-state index >= 15 is 0 Å². The molecule has 0 bridgehead atoms. The van der Waals surface area contributed by atoms with Crippen LogP contribution in [0.4, 0.5) is 11.4 Å². The second-order valence-corrected chi connectivity index (χ2v) is 6.24. The molecule has 4 rings (SSSR count). The summed E-state index contributed by atoms with van der Waals surface area (Å²) < 4.78 is 5.76. The Labute approximate surface area is 165 Å². The molecule has 0 aliphatic carbocycles. The molecule has 7 heteroatoms. The first-order valence-corrected chi connectivity index (χ1v) is 8.78. The lowest BCUT2D eigenvalue weighted by Gasteiger charge is -2.01. The number of amides is 1. The smallest absolute Gasteiger partial charge is 0.270 e. The summed E-state index contributed by atoms with van der Waals surface area (Å²) in [6, 6.07) is 20.8. The number of nitro benzene ring substituents is 1. The average molecular weight is 385 g/mol. The lowest BCUT2D eigenvalue weighted by molar-refractivity contribution is -0.384. The van der Waals surface area contributed by atoms with Crippen LogP contribution in [0.1, 0.15) is 5.56 Å². The molecule has 0 aliphatic rings. The number of non-ortho nitro benzene ring substituents is 1. The number of hydrogen-bond donors (Lipinski definition) is 1. The molecule has 3 aromatic carbocycles. The number of carbonyl (C=O) groups excluding carboxylic acids is 1. The first kappa shape index (κ1) is 18.1. The van der Waals surface area contributed by atoms with E-state index in [-0.39, 0.29) is 11.6 Å². The zero-order chi connectivity index (χ0) is 20.2. The number of benzene rings is 3. The van der Waals surface area contributed by atoms with E-state index in [9.17, 15) is 14.9 Å². The Morgan fingerprint density at radius 3 is 2.66 bits per heavy atom. The first-order chi connectivity index (χ1) is 14.1. The molecule has 0 spiro atoms. The van der Waals surface area contributed by atoms with Gasteiger partial charge in [0, 0.05) is 29.5 Å². The summed E-state index contributed by atoms with van der Waals surface area (Å²) in [4.78, 5) is 27.0. The molecule has 0 atom stereocenters. The molecule has 0 radical (unpaired) electrons. The van der Waals surface area contributed by atoms with E-state index in [4.69, 9.17) is 4.42 Å². The van der Waals surface area contributed by atoms with Crippen LogP contribution in [0.25, 0.3) is 28.6 Å². The number of hydrogen-bond acceptors (Lipinski definition) is 5. The van der Waals surface area contributed by atoms with Crippen molar-refractivity contribution in [2.45, 2.75) is 0 Å². The standard InChI is InChI=1S/C22H15N3O4/c26-21(12-9-15-5-4-8-18(13-15)25(27)28)23-17-10-11-20-19(14-17)24-22(29-20)16-6-2-1-3-7-16/h1-14H,(H,23,26)/b12-9+. The van der Waals surface area contributed by atoms with Gasteiger partial charge in [0.2, 0.25) is 11.8 Å². The molecular formula is C22H15N3O4. The number of rotatable bonds is 5. The SMILES string of the molecule is O=C(/C=C/c1cccc([N+](=O)[O-])c1)Nc1ccc2oc(-c3ccccc3)nc2c1. The minimum atomic E-state index is -0.478. The van der Waals surface area contributed by atoms with Crippen molar-refractivity contribution in [1.29, 1.82) is 0 Å². The molecule has 1 N–H and O–H groups in total. The highest BCUT2D eigenvalue weighted by Crippen LogP contribution is 2.26. The van der Waals surface area contributed by atoms with E-state index < -0.39 is 4.92 Å². The Morgan fingerprint density at radius 1 is 1.03 bits per heavy atom. The van der Waals surface area contributed by atoms with Crippen molar-refractivity contribution in [2.24, 2.45) is 0 Å². The summed E-state index contributed by atoms with van der Waals surface area (Å²) in [7, 11) is 0. The molecule has 29 heavy (non-hydrogen) atoms. The van der Waals surface area contributed by atoms with Crippen LogP contribution in [0.2, 0.25) is 0 Å². The van der Waals surface area contributed by atoms with E-state index in [1.54, 1.807) is 30.3 Å². The van der Waals surface area contributed by atoms with Crippen LogP contribution < -0.4 is 5.32 Å². The fourth-order valence-electron chi connectivity index (χ4n) is 2.81. The number of nitrogens with one attached hydrogen (secondary N) is 1. The van der Waals surface area contributed by atoms with Crippen LogP contribution in [-0.4, -0.2) is 15.8 Å². The number of nitrogens with zero attached hydrogens (tertiary/aromatic N) is 2. The predicted octanol–water partition coefficient (Wildman–Crippen LogP) is 5.05. The van der Waals surface area contributed by atoms with E-state index in [2.05, 4.69) is 10.3 Å². The first-order valence-electron chi connectivity index (χ1n) is 8.78. The minimum absolute atomic E-state index is 0.0294. The molecule has 0 saturated heterocycles. The maximum atomic E-state index is 12.2. The number of nitro groups is 1. The number of fused-ring (bicyclic) bond motifs is 1. The van der Waals surface area contributed by atoms with Crippen molar-refractivity contribution in [3.63, 3.8) is 0 Å². The summed E-state index contributed by atoms with van der Waals surface area (Å²) in [6.07, 6.45) is 2.84. The van der Waals surface area contributed by atoms with Crippen molar-refractivity contribution in [3.8, 4) is 11.5 Å². The number of oxazole rings is 1. The molecule has 0 aliphatic heterocycles. The zero-order valence-electron chi connectivity index (χ0n) is 15.1. The van der Waals surface area contributed by atoms with Gasteiger partial charge in [-0.3, -0.25) is 14.9 Å². The molecular weight excluding hydrogens is 370 g/mol. The summed E-state index contributed by atoms with van der Waals surface area (Å²) in [5.41, 5.74) is 3.22. The molecule has 7 nitrogen and oxygen atoms in total. The summed E-state index contributed by atoms with van der Waals surface area (Å²) >= 11 is 0. The van der Waals surface area contributed by atoms with Gasteiger partial charge in [0.25, 0.3) is 5.69 Å². The van der Waals surface area contributed by atoms with Gasteiger partial charge >= 0.3 is 0 Å².